The van der Waals surface area contributed by atoms with Crippen molar-refractivity contribution in [2.24, 2.45) is 7.05 Å². The third-order valence-corrected chi connectivity index (χ3v) is 3.55. The van der Waals surface area contributed by atoms with Gasteiger partial charge in [-0.3, -0.25) is 4.68 Å². The maximum Gasteiger partial charge on any atom is 0.337 e. The van der Waals surface area contributed by atoms with Crippen LogP contribution in [0.5, 0.6) is 5.75 Å². The molecule has 0 saturated carbocycles. The molecule has 6 nitrogen and oxygen atoms in total. The molecule has 7 heteroatoms. The molecular formula is C14H16ClN3O3. The Morgan fingerprint density at radius 3 is 2.76 bits per heavy atom. The number of aryl methyl sites for hydroxylation is 2. The predicted octanol–water partition coefficient (Wildman–Crippen LogP) is 2.33. The second-order valence-electron chi connectivity index (χ2n) is 4.50. The van der Waals surface area contributed by atoms with E-state index in [0.29, 0.717) is 22.0 Å². The summed E-state index contributed by atoms with van der Waals surface area (Å²) in [6.45, 7) is 2.02. The van der Waals surface area contributed by atoms with Crippen molar-refractivity contribution in [3.8, 4) is 5.75 Å². The van der Waals surface area contributed by atoms with E-state index in [1.54, 1.807) is 23.9 Å². The van der Waals surface area contributed by atoms with E-state index in [9.17, 15) is 4.79 Å². The van der Waals surface area contributed by atoms with Crippen LogP contribution in [-0.2, 0) is 18.4 Å². The van der Waals surface area contributed by atoms with Gasteiger partial charge in [-0.05, 0) is 25.1 Å². The number of nitrogens with zero attached hydrogens (tertiary/aromatic N) is 2. The summed E-state index contributed by atoms with van der Waals surface area (Å²) in [6, 6.07) is 4.71. The van der Waals surface area contributed by atoms with Crippen LogP contribution in [0.25, 0.3) is 0 Å². The highest BCUT2D eigenvalue weighted by molar-refractivity contribution is 6.31. The largest absolute Gasteiger partial charge is 0.485 e. The number of rotatable bonds is 4. The Hall–Kier alpha value is -2.21. The predicted molar refractivity (Wildman–Crippen MR) is 79.5 cm³/mol. The normalized spacial score (nSPS) is 10.5. The van der Waals surface area contributed by atoms with Gasteiger partial charge in [-0.2, -0.15) is 5.10 Å². The number of esters is 1. The van der Waals surface area contributed by atoms with Crippen molar-refractivity contribution in [2.75, 3.05) is 12.8 Å². The molecule has 0 atom stereocenters. The first-order chi connectivity index (χ1) is 9.93. The van der Waals surface area contributed by atoms with Crippen LogP contribution in [0, 0.1) is 6.92 Å². The van der Waals surface area contributed by atoms with Gasteiger partial charge in [0.25, 0.3) is 0 Å². The third kappa shape index (κ3) is 3.11. The van der Waals surface area contributed by atoms with Gasteiger partial charge in [0.1, 0.15) is 12.4 Å². The van der Waals surface area contributed by atoms with Crippen molar-refractivity contribution in [3.05, 3.63) is 40.2 Å². The molecule has 0 bridgehead atoms. The summed E-state index contributed by atoms with van der Waals surface area (Å²) >= 11 is 6.16. The number of hydrogen-bond donors (Lipinski definition) is 1. The first kappa shape index (κ1) is 15.2. The molecule has 1 aromatic heterocycles. The van der Waals surface area contributed by atoms with Crippen LogP contribution in [0.15, 0.2) is 18.2 Å². The Balaban J connectivity index is 2.21. The zero-order valence-electron chi connectivity index (χ0n) is 12.0. The first-order valence-electron chi connectivity index (χ1n) is 6.22. The standard InChI is InChI=1S/C14H16ClN3O3/c1-8-13(15)11(18(2)17-8)7-21-12-6-9(14(19)20-3)4-5-10(12)16/h4-6H,7,16H2,1-3H3. The number of carbonyl (C=O) groups is 1. The fourth-order valence-electron chi connectivity index (χ4n) is 1.89. The Labute approximate surface area is 127 Å². The van der Waals surface area contributed by atoms with E-state index in [4.69, 9.17) is 22.1 Å². The molecule has 2 aromatic rings. The van der Waals surface area contributed by atoms with Crippen LogP contribution in [0.1, 0.15) is 21.7 Å². The van der Waals surface area contributed by atoms with E-state index >= 15 is 0 Å². The van der Waals surface area contributed by atoms with Gasteiger partial charge >= 0.3 is 5.97 Å². The maximum absolute atomic E-state index is 11.5. The van der Waals surface area contributed by atoms with E-state index in [-0.39, 0.29) is 6.61 Å². The third-order valence-electron chi connectivity index (χ3n) is 3.06. The number of nitrogen functional groups attached to an aromatic ring is 1. The smallest absolute Gasteiger partial charge is 0.337 e. The maximum atomic E-state index is 11.5. The number of anilines is 1. The first-order valence-corrected chi connectivity index (χ1v) is 6.60. The molecule has 2 rings (SSSR count). The van der Waals surface area contributed by atoms with Crippen molar-refractivity contribution in [2.45, 2.75) is 13.5 Å². The molecule has 2 N–H and O–H groups in total. The highest BCUT2D eigenvalue weighted by atomic mass is 35.5. The lowest BCUT2D eigenvalue weighted by Crippen LogP contribution is -2.07. The van der Waals surface area contributed by atoms with Crippen LogP contribution in [0.2, 0.25) is 5.02 Å². The second-order valence-corrected chi connectivity index (χ2v) is 4.88. The van der Waals surface area contributed by atoms with Gasteiger partial charge < -0.3 is 15.2 Å². The molecule has 0 spiro atoms. The Kier molecular flexibility index (Phi) is 4.37. The lowest BCUT2D eigenvalue weighted by Gasteiger charge is -2.10. The summed E-state index contributed by atoms with van der Waals surface area (Å²) in [7, 11) is 3.10. The lowest BCUT2D eigenvalue weighted by molar-refractivity contribution is 0.0600. The molecule has 21 heavy (non-hydrogen) atoms. The highest BCUT2D eigenvalue weighted by Crippen LogP contribution is 2.26. The van der Waals surface area contributed by atoms with Gasteiger partial charge in [0.15, 0.2) is 0 Å². The molecule has 0 radical (unpaired) electrons. The number of benzene rings is 1. The quantitative estimate of drug-likeness (QED) is 0.692. The van der Waals surface area contributed by atoms with Crippen molar-refractivity contribution in [1.82, 2.24) is 9.78 Å². The minimum absolute atomic E-state index is 0.199. The van der Waals surface area contributed by atoms with Crippen molar-refractivity contribution in [3.63, 3.8) is 0 Å². The van der Waals surface area contributed by atoms with Gasteiger partial charge in [0.2, 0.25) is 0 Å². The summed E-state index contributed by atoms with van der Waals surface area (Å²) in [6.07, 6.45) is 0. The van der Waals surface area contributed by atoms with Crippen molar-refractivity contribution < 1.29 is 14.3 Å². The monoisotopic (exact) mass is 309 g/mol. The molecule has 0 fully saturated rings. The minimum atomic E-state index is -0.450. The molecule has 0 amide bonds. The summed E-state index contributed by atoms with van der Waals surface area (Å²) in [4.78, 5) is 11.5. The number of nitrogens with two attached hydrogens (primary N) is 1. The summed E-state index contributed by atoms with van der Waals surface area (Å²) in [5, 5.41) is 4.76. The second kappa shape index (κ2) is 6.05. The zero-order chi connectivity index (χ0) is 15.6. The number of methoxy groups -OCH3 is 1. The average molecular weight is 310 g/mol. The number of aromatic nitrogens is 2. The van der Waals surface area contributed by atoms with Crippen molar-refractivity contribution in [1.29, 1.82) is 0 Å². The molecule has 0 aliphatic heterocycles. The van der Waals surface area contributed by atoms with E-state index in [0.717, 1.165) is 11.4 Å². The van der Waals surface area contributed by atoms with Crippen molar-refractivity contribution >= 4 is 23.3 Å². The molecule has 1 heterocycles. The Morgan fingerprint density at radius 2 is 2.19 bits per heavy atom. The fourth-order valence-corrected chi connectivity index (χ4v) is 2.10. The van der Waals surface area contributed by atoms with E-state index in [2.05, 4.69) is 9.84 Å². The van der Waals surface area contributed by atoms with Crippen LogP contribution in [0.4, 0.5) is 5.69 Å². The number of halogens is 1. The number of ether oxygens (including phenoxy) is 2. The average Bonchev–Trinajstić information content (AvgIpc) is 2.71. The number of hydrogen-bond acceptors (Lipinski definition) is 5. The van der Waals surface area contributed by atoms with Gasteiger partial charge in [0.05, 0.1) is 34.8 Å². The van der Waals surface area contributed by atoms with Crippen LogP contribution in [0.3, 0.4) is 0 Å². The fraction of sp³-hybridized carbons (Fsp3) is 0.286. The summed E-state index contributed by atoms with van der Waals surface area (Å²) < 4.78 is 12.0. The Morgan fingerprint density at radius 1 is 1.48 bits per heavy atom. The molecule has 0 aliphatic rings. The highest BCUT2D eigenvalue weighted by Gasteiger charge is 2.14. The summed E-state index contributed by atoms with van der Waals surface area (Å²) in [5.74, 6) is -0.0536. The SMILES string of the molecule is COC(=O)c1ccc(N)c(OCc2c(Cl)c(C)nn2C)c1. The van der Waals surface area contributed by atoms with E-state index < -0.39 is 5.97 Å². The number of carbonyl (C=O) groups excluding carboxylic acids is 1. The van der Waals surface area contributed by atoms with Gasteiger partial charge in [-0.25, -0.2) is 4.79 Å². The topological polar surface area (TPSA) is 79.4 Å². The van der Waals surface area contributed by atoms with Crippen LogP contribution < -0.4 is 10.5 Å². The minimum Gasteiger partial charge on any atom is -0.485 e. The molecule has 0 unspecified atom stereocenters. The molecule has 112 valence electrons. The van der Waals surface area contributed by atoms with Gasteiger partial charge in [-0.15, -0.1) is 0 Å². The van der Waals surface area contributed by atoms with Gasteiger partial charge in [0, 0.05) is 7.05 Å². The Bertz CT molecular complexity index is 682. The summed E-state index contributed by atoms with van der Waals surface area (Å²) in [5.41, 5.74) is 8.11. The van der Waals surface area contributed by atoms with Crippen LogP contribution >= 0.6 is 11.6 Å². The van der Waals surface area contributed by atoms with E-state index in [1.807, 2.05) is 6.92 Å². The molecule has 0 saturated heterocycles. The molecule has 0 aliphatic carbocycles. The van der Waals surface area contributed by atoms with Gasteiger partial charge in [-0.1, -0.05) is 11.6 Å². The van der Waals surface area contributed by atoms with E-state index in [1.165, 1.54) is 13.2 Å². The van der Waals surface area contributed by atoms with Crippen LogP contribution in [-0.4, -0.2) is 22.9 Å². The molecular weight excluding hydrogens is 294 g/mol. The molecule has 1 aromatic carbocycles. The zero-order valence-corrected chi connectivity index (χ0v) is 12.8. The lowest BCUT2D eigenvalue weighted by atomic mass is 10.2.